The minimum atomic E-state index is -0.000926. The van der Waals surface area contributed by atoms with Crippen molar-refractivity contribution < 1.29 is 5.21 Å². The monoisotopic (exact) mass is 187 g/mol. The Balaban J connectivity index is 3.85. The fraction of sp³-hybridized carbons (Fsp3) is 0.889. The molecular weight excluding hydrogens is 166 g/mol. The Morgan fingerprint density at radius 2 is 2.08 bits per heavy atom. The molecule has 0 aromatic rings. The molecule has 0 rings (SSSR count). The topological polar surface area (TPSA) is 70.6 Å². The van der Waals surface area contributed by atoms with Gasteiger partial charge in [0, 0.05) is 0 Å². The SMILES string of the molecule is CCC(C)CNC(CC)C(N)=NO. The zero-order valence-electron chi connectivity index (χ0n) is 8.75. The van der Waals surface area contributed by atoms with Gasteiger partial charge in [-0.3, -0.25) is 0 Å². The molecule has 4 nitrogen and oxygen atoms in total. The molecule has 4 heteroatoms. The predicted octanol–water partition coefficient (Wildman–Crippen LogP) is 1.15. The van der Waals surface area contributed by atoms with E-state index < -0.39 is 0 Å². The lowest BCUT2D eigenvalue weighted by Gasteiger charge is -2.17. The minimum Gasteiger partial charge on any atom is -0.409 e. The summed E-state index contributed by atoms with van der Waals surface area (Å²) in [6.45, 7) is 7.24. The summed E-state index contributed by atoms with van der Waals surface area (Å²) in [6.07, 6.45) is 1.98. The van der Waals surface area contributed by atoms with E-state index in [2.05, 4.69) is 24.3 Å². The molecular formula is C9H21N3O. The van der Waals surface area contributed by atoms with E-state index in [0.29, 0.717) is 5.92 Å². The third kappa shape index (κ3) is 4.72. The highest BCUT2D eigenvalue weighted by molar-refractivity contribution is 5.85. The van der Waals surface area contributed by atoms with E-state index in [1.165, 1.54) is 0 Å². The van der Waals surface area contributed by atoms with E-state index in [4.69, 9.17) is 10.9 Å². The van der Waals surface area contributed by atoms with Crippen LogP contribution in [0.3, 0.4) is 0 Å². The molecule has 0 saturated heterocycles. The van der Waals surface area contributed by atoms with Crippen molar-refractivity contribution in [1.29, 1.82) is 0 Å². The number of nitrogens with one attached hydrogen (secondary N) is 1. The summed E-state index contributed by atoms with van der Waals surface area (Å²) in [7, 11) is 0. The molecule has 13 heavy (non-hydrogen) atoms. The maximum atomic E-state index is 8.48. The number of nitrogens with two attached hydrogens (primary N) is 1. The highest BCUT2D eigenvalue weighted by Gasteiger charge is 2.11. The summed E-state index contributed by atoms with van der Waals surface area (Å²) in [6, 6.07) is -0.000926. The second-order valence-electron chi connectivity index (χ2n) is 3.41. The lowest BCUT2D eigenvalue weighted by atomic mass is 10.1. The first-order valence-corrected chi connectivity index (χ1v) is 4.86. The predicted molar refractivity (Wildman–Crippen MR) is 54.9 cm³/mol. The molecule has 0 radical (unpaired) electrons. The Labute approximate surface area is 80.2 Å². The van der Waals surface area contributed by atoms with Gasteiger partial charge in [0.25, 0.3) is 0 Å². The van der Waals surface area contributed by atoms with E-state index in [0.717, 1.165) is 19.4 Å². The third-order valence-electron chi connectivity index (χ3n) is 2.29. The first-order valence-electron chi connectivity index (χ1n) is 4.86. The van der Waals surface area contributed by atoms with Crippen LogP contribution in [0.2, 0.25) is 0 Å². The van der Waals surface area contributed by atoms with Crippen molar-refractivity contribution in [2.45, 2.75) is 39.7 Å². The van der Waals surface area contributed by atoms with Crippen LogP contribution in [0.4, 0.5) is 0 Å². The molecule has 0 aliphatic rings. The van der Waals surface area contributed by atoms with Crippen LogP contribution in [0.1, 0.15) is 33.6 Å². The number of rotatable bonds is 6. The van der Waals surface area contributed by atoms with Gasteiger partial charge in [0.2, 0.25) is 0 Å². The van der Waals surface area contributed by atoms with Gasteiger partial charge in [-0.1, -0.05) is 32.3 Å². The number of amidine groups is 1. The zero-order chi connectivity index (χ0) is 10.3. The van der Waals surface area contributed by atoms with Crippen LogP contribution >= 0.6 is 0 Å². The lowest BCUT2D eigenvalue weighted by Crippen LogP contribution is -2.42. The van der Waals surface area contributed by atoms with Crippen LogP contribution in [0.5, 0.6) is 0 Å². The fourth-order valence-electron chi connectivity index (χ4n) is 1.02. The number of hydrogen-bond donors (Lipinski definition) is 3. The molecule has 78 valence electrons. The second kappa shape index (κ2) is 6.71. The highest BCUT2D eigenvalue weighted by Crippen LogP contribution is 1.99. The average Bonchev–Trinajstić information content (AvgIpc) is 2.17. The number of oxime groups is 1. The van der Waals surface area contributed by atoms with E-state index in [1.54, 1.807) is 0 Å². The Morgan fingerprint density at radius 3 is 2.46 bits per heavy atom. The zero-order valence-corrected chi connectivity index (χ0v) is 8.75. The smallest absolute Gasteiger partial charge is 0.156 e. The fourth-order valence-corrected chi connectivity index (χ4v) is 1.02. The Hall–Kier alpha value is -0.770. The van der Waals surface area contributed by atoms with Crippen LogP contribution < -0.4 is 11.1 Å². The van der Waals surface area contributed by atoms with Gasteiger partial charge in [-0.2, -0.15) is 0 Å². The quantitative estimate of drug-likeness (QED) is 0.253. The molecule has 0 aromatic heterocycles. The van der Waals surface area contributed by atoms with Crippen molar-refractivity contribution in [3.63, 3.8) is 0 Å². The van der Waals surface area contributed by atoms with Crippen molar-refractivity contribution in [1.82, 2.24) is 5.32 Å². The maximum absolute atomic E-state index is 8.48. The number of hydrogen-bond acceptors (Lipinski definition) is 3. The summed E-state index contributed by atoms with van der Waals surface area (Å²) in [5.74, 6) is 0.895. The van der Waals surface area contributed by atoms with Crippen LogP contribution in [-0.2, 0) is 0 Å². The van der Waals surface area contributed by atoms with E-state index in [9.17, 15) is 0 Å². The maximum Gasteiger partial charge on any atom is 0.156 e. The van der Waals surface area contributed by atoms with Crippen LogP contribution in [0.25, 0.3) is 0 Å². The Bertz CT molecular complexity index is 159. The molecule has 0 spiro atoms. The van der Waals surface area contributed by atoms with Crippen LogP contribution in [0, 0.1) is 5.92 Å². The molecule has 4 N–H and O–H groups in total. The molecule has 0 fully saturated rings. The summed E-state index contributed by atoms with van der Waals surface area (Å²) < 4.78 is 0. The lowest BCUT2D eigenvalue weighted by molar-refractivity contribution is 0.313. The second-order valence-corrected chi connectivity index (χ2v) is 3.41. The van der Waals surface area contributed by atoms with E-state index in [1.807, 2.05) is 6.92 Å². The van der Waals surface area contributed by atoms with Gasteiger partial charge in [0.15, 0.2) is 5.84 Å². The molecule has 0 heterocycles. The molecule has 2 unspecified atom stereocenters. The Kier molecular flexibility index (Phi) is 6.32. The molecule has 0 aliphatic heterocycles. The number of nitrogens with zero attached hydrogens (tertiary/aromatic N) is 1. The van der Waals surface area contributed by atoms with Crippen molar-refractivity contribution >= 4 is 5.84 Å². The molecule has 2 atom stereocenters. The van der Waals surface area contributed by atoms with Crippen molar-refractivity contribution in [3.8, 4) is 0 Å². The van der Waals surface area contributed by atoms with Crippen LogP contribution in [0.15, 0.2) is 5.16 Å². The summed E-state index contributed by atoms with van der Waals surface area (Å²) >= 11 is 0. The molecule has 0 aliphatic carbocycles. The largest absolute Gasteiger partial charge is 0.409 e. The summed E-state index contributed by atoms with van der Waals surface area (Å²) in [4.78, 5) is 0. The molecule has 0 saturated carbocycles. The standard InChI is InChI=1S/C9H21N3O/c1-4-7(3)6-11-8(5-2)9(10)12-13/h7-8,11,13H,4-6H2,1-3H3,(H2,10,12). The van der Waals surface area contributed by atoms with E-state index in [-0.39, 0.29) is 11.9 Å². The van der Waals surface area contributed by atoms with Crippen molar-refractivity contribution in [3.05, 3.63) is 0 Å². The summed E-state index contributed by atoms with van der Waals surface area (Å²) in [5, 5.41) is 14.7. The molecule has 0 amide bonds. The summed E-state index contributed by atoms with van der Waals surface area (Å²) in [5.41, 5.74) is 5.49. The van der Waals surface area contributed by atoms with Gasteiger partial charge in [-0.05, 0) is 18.9 Å². The highest BCUT2D eigenvalue weighted by atomic mass is 16.4. The van der Waals surface area contributed by atoms with Crippen molar-refractivity contribution in [2.24, 2.45) is 16.8 Å². The van der Waals surface area contributed by atoms with Gasteiger partial charge in [0.1, 0.15) is 0 Å². The molecule has 0 bridgehead atoms. The minimum absolute atomic E-state index is 0.000926. The first kappa shape index (κ1) is 12.2. The average molecular weight is 187 g/mol. The van der Waals surface area contributed by atoms with Gasteiger partial charge >= 0.3 is 0 Å². The van der Waals surface area contributed by atoms with Crippen molar-refractivity contribution in [2.75, 3.05) is 6.54 Å². The third-order valence-corrected chi connectivity index (χ3v) is 2.29. The van der Waals surface area contributed by atoms with E-state index >= 15 is 0 Å². The van der Waals surface area contributed by atoms with Gasteiger partial charge in [-0.25, -0.2) is 0 Å². The van der Waals surface area contributed by atoms with Crippen LogP contribution in [-0.4, -0.2) is 23.6 Å². The normalized spacial score (nSPS) is 17.0. The molecule has 0 aromatic carbocycles. The Morgan fingerprint density at radius 1 is 1.46 bits per heavy atom. The van der Waals surface area contributed by atoms with Gasteiger partial charge in [0.05, 0.1) is 6.04 Å². The van der Waals surface area contributed by atoms with Gasteiger partial charge < -0.3 is 16.3 Å². The first-order chi connectivity index (χ1) is 6.15. The van der Waals surface area contributed by atoms with Gasteiger partial charge in [-0.15, -0.1) is 0 Å².